The number of halogens is 3. The Bertz CT molecular complexity index is 279. The first-order chi connectivity index (χ1) is 5.96. The largest absolute Gasteiger partial charge is 0.468 e. The lowest BCUT2D eigenvalue weighted by molar-refractivity contribution is -0.151. The van der Waals surface area contributed by atoms with Gasteiger partial charge in [0.25, 0.3) is 0 Å². The van der Waals surface area contributed by atoms with Crippen LogP contribution < -0.4 is 5.73 Å². The maximum Gasteiger partial charge on any atom is 0.399 e. The van der Waals surface area contributed by atoms with Crippen LogP contribution in [0.2, 0.25) is 0 Å². The molecule has 0 aliphatic heterocycles. The highest BCUT2D eigenvalue weighted by atomic mass is 19.4. The van der Waals surface area contributed by atoms with E-state index in [1.807, 2.05) is 0 Å². The van der Waals surface area contributed by atoms with Crippen LogP contribution in [-0.2, 0) is 0 Å². The average Bonchev–Trinajstić information content (AvgIpc) is 2.35. The van der Waals surface area contributed by atoms with Gasteiger partial charge in [-0.1, -0.05) is 0 Å². The molecule has 0 saturated heterocycles. The number of rotatable bonds is 2. The molecule has 1 aromatic heterocycles. The second-order valence-corrected chi connectivity index (χ2v) is 2.80. The summed E-state index contributed by atoms with van der Waals surface area (Å²) in [4.78, 5) is 0. The second-order valence-electron chi connectivity index (χ2n) is 2.80. The van der Waals surface area contributed by atoms with Gasteiger partial charge in [0.05, 0.1) is 6.26 Å². The molecule has 0 aromatic carbocycles. The molecular formula is C8H10F3NO. The Hall–Kier alpha value is -0.970. The van der Waals surface area contributed by atoms with Crippen LogP contribution in [0.15, 0.2) is 16.7 Å². The van der Waals surface area contributed by atoms with Gasteiger partial charge < -0.3 is 10.2 Å². The average molecular weight is 193 g/mol. The highest BCUT2D eigenvalue weighted by Gasteiger charge is 2.42. The first-order valence-electron chi connectivity index (χ1n) is 3.77. The van der Waals surface area contributed by atoms with E-state index < -0.39 is 18.6 Å². The summed E-state index contributed by atoms with van der Waals surface area (Å²) in [5.41, 5.74) is 5.52. The molecule has 0 radical (unpaired) electrons. The number of hydrogen-bond donors (Lipinski definition) is 1. The summed E-state index contributed by atoms with van der Waals surface area (Å²) in [6.07, 6.45) is -3.10. The Morgan fingerprint density at radius 2 is 2.15 bits per heavy atom. The quantitative estimate of drug-likeness (QED) is 0.781. The van der Waals surface area contributed by atoms with Gasteiger partial charge in [0.2, 0.25) is 0 Å². The molecule has 0 bridgehead atoms. The molecular weight excluding hydrogens is 183 g/mol. The van der Waals surface area contributed by atoms with Crippen LogP contribution in [0, 0.1) is 6.92 Å². The Kier molecular flexibility index (Phi) is 2.66. The molecule has 1 aromatic rings. The SMILES string of the molecule is Cc1ccoc1C(CN)C(F)(F)F. The van der Waals surface area contributed by atoms with Crippen molar-refractivity contribution in [1.29, 1.82) is 0 Å². The number of furan rings is 1. The lowest BCUT2D eigenvalue weighted by Gasteiger charge is -2.16. The molecule has 0 amide bonds. The van der Waals surface area contributed by atoms with E-state index in [1.165, 1.54) is 12.3 Å². The van der Waals surface area contributed by atoms with Crippen LogP contribution in [-0.4, -0.2) is 12.7 Å². The molecule has 1 atom stereocenters. The van der Waals surface area contributed by atoms with Crippen LogP contribution in [0.4, 0.5) is 13.2 Å². The number of nitrogens with two attached hydrogens (primary N) is 1. The van der Waals surface area contributed by atoms with Crippen molar-refractivity contribution in [2.75, 3.05) is 6.54 Å². The number of aryl methyl sites for hydroxylation is 1. The summed E-state index contributed by atoms with van der Waals surface area (Å²) in [7, 11) is 0. The van der Waals surface area contributed by atoms with Crippen molar-refractivity contribution in [2.45, 2.75) is 19.0 Å². The van der Waals surface area contributed by atoms with Crippen molar-refractivity contribution in [3.8, 4) is 0 Å². The number of alkyl halides is 3. The zero-order chi connectivity index (χ0) is 10.1. The fraction of sp³-hybridized carbons (Fsp3) is 0.500. The number of hydrogen-bond acceptors (Lipinski definition) is 2. The Morgan fingerprint density at radius 3 is 2.46 bits per heavy atom. The molecule has 2 N–H and O–H groups in total. The molecule has 0 fully saturated rings. The standard InChI is InChI=1S/C8H10F3NO/c1-5-2-3-13-7(5)6(4-12)8(9,10)11/h2-3,6H,4,12H2,1H3. The minimum Gasteiger partial charge on any atom is -0.468 e. The van der Waals surface area contributed by atoms with E-state index >= 15 is 0 Å². The van der Waals surface area contributed by atoms with Gasteiger partial charge in [-0.2, -0.15) is 13.2 Å². The van der Waals surface area contributed by atoms with E-state index in [4.69, 9.17) is 10.2 Å². The Balaban J connectivity index is 2.98. The summed E-state index contributed by atoms with van der Waals surface area (Å²) in [6.45, 7) is 1.07. The molecule has 13 heavy (non-hydrogen) atoms. The first kappa shape index (κ1) is 10.1. The maximum atomic E-state index is 12.3. The first-order valence-corrected chi connectivity index (χ1v) is 3.77. The summed E-state index contributed by atoms with van der Waals surface area (Å²) < 4.78 is 41.7. The fourth-order valence-corrected chi connectivity index (χ4v) is 1.13. The third-order valence-electron chi connectivity index (χ3n) is 1.85. The smallest absolute Gasteiger partial charge is 0.399 e. The van der Waals surface area contributed by atoms with Crippen molar-refractivity contribution < 1.29 is 17.6 Å². The summed E-state index contributed by atoms with van der Waals surface area (Å²) >= 11 is 0. The van der Waals surface area contributed by atoms with Crippen molar-refractivity contribution in [2.24, 2.45) is 5.73 Å². The molecule has 5 heteroatoms. The van der Waals surface area contributed by atoms with Gasteiger partial charge >= 0.3 is 6.18 Å². The van der Waals surface area contributed by atoms with Crippen molar-refractivity contribution in [3.05, 3.63) is 23.7 Å². The van der Waals surface area contributed by atoms with Crippen molar-refractivity contribution >= 4 is 0 Å². The van der Waals surface area contributed by atoms with Crippen LogP contribution >= 0.6 is 0 Å². The Morgan fingerprint density at radius 1 is 1.54 bits per heavy atom. The summed E-state index contributed by atoms with van der Waals surface area (Å²) in [5.74, 6) is -1.78. The minimum absolute atomic E-state index is 0.0880. The molecule has 74 valence electrons. The lowest BCUT2D eigenvalue weighted by Crippen LogP contribution is -2.28. The van der Waals surface area contributed by atoms with E-state index in [9.17, 15) is 13.2 Å². The third-order valence-corrected chi connectivity index (χ3v) is 1.85. The monoisotopic (exact) mass is 193 g/mol. The van der Waals surface area contributed by atoms with Crippen LogP contribution in [0.3, 0.4) is 0 Å². The molecule has 0 aliphatic carbocycles. The maximum absolute atomic E-state index is 12.3. The van der Waals surface area contributed by atoms with Crippen molar-refractivity contribution in [1.82, 2.24) is 0 Å². The van der Waals surface area contributed by atoms with Crippen LogP contribution in [0.1, 0.15) is 17.2 Å². The summed E-state index contributed by atoms with van der Waals surface area (Å²) in [6, 6.07) is 1.49. The van der Waals surface area contributed by atoms with Crippen LogP contribution in [0.5, 0.6) is 0 Å². The molecule has 0 spiro atoms. The van der Waals surface area contributed by atoms with Gasteiger partial charge in [-0.25, -0.2) is 0 Å². The topological polar surface area (TPSA) is 39.2 Å². The van der Waals surface area contributed by atoms with Crippen LogP contribution in [0.25, 0.3) is 0 Å². The summed E-state index contributed by atoms with van der Waals surface area (Å²) in [5, 5.41) is 0. The Labute approximate surface area is 73.5 Å². The van der Waals surface area contributed by atoms with E-state index in [0.29, 0.717) is 5.56 Å². The van der Waals surface area contributed by atoms with Gasteiger partial charge in [-0.3, -0.25) is 0 Å². The fourth-order valence-electron chi connectivity index (χ4n) is 1.13. The molecule has 0 saturated carbocycles. The predicted molar refractivity (Wildman–Crippen MR) is 41.3 cm³/mol. The van der Waals surface area contributed by atoms with Gasteiger partial charge in [-0.05, 0) is 18.6 Å². The zero-order valence-electron chi connectivity index (χ0n) is 7.06. The predicted octanol–water partition coefficient (Wildman–Crippen LogP) is 2.19. The molecule has 2 nitrogen and oxygen atoms in total. The van der Waals surface area contributed by atoms with Gasteiger partial charge in [0.1, 0.15) is 11.7 Å². The highest BCUT2D eigenvalue weighted by Crippen LogP contribution is 2.35. The molecule has 0 aliphatic rings. The minimum atomic E-state index is -4.34. The van der Waals surface area contributed by atoms with Gasteiger partial charge in [0, 0.05) is 6.54 Å². The highest BCUT2D eigenvalue weighted by molar-refractivity contribution is 5.20. The molecule has 1 heterocycles. The second kappa shape index (κ2) is 3.41. The van der Waals surface area contributed by atoms with Crippen molar-refractivity contribution in [3.63, 3.8) is 0 Å². The van der Waals surface area contributed by atoms with Gasteiger partial charge in [0.15, 0.2) is 0 Å². The molecule has 1 rings (SSSR count). The zero-order valence-corrected chi connectivity index (χ0v) is 7.06. The van der Waals surface area contributed by atoms with Gasteiger partial charge in [-0.15, -0.1) is 0 Å². The van der Waals surface area contributed by atoms with E-state index in [0.717, 1.165) is 0 Å². The molecule has 1 unspecified atom stereocenters. The third kappa shape index (κ3) is 2.03. The lowest BCUT2D eigenvalue weighted by atomic mass is 10.0. The van der Waals surface area contributed by atoms with E-state index in [2.05, 4.69) is 0 Å². The normalized spacial score (nSPS) is 14.5. The van der Waals surface area contributed by atoms with E-state index in [-0.39, 0.29) is 5.76 Å². The van der Waals surface area contributed by atoms with E-state index in [1.54, 1.807) is 6.92 Å².